The van der Waals surface area contributed by atoms with Crippen LogP contribution in [0.2, 0.25) is 0 Å². The van der Waals surface area contributed by atoms with Crippen LogP contribution in [0.4, 0.5) is 0 Å². The molecule has 8 nitrogen and oxygen atoms in total. The SMILES string of the molecule is NC1=N[NH+]([O-])C(N)=N[NH+]1[O-]. The third-order valence-corrected chi connectivity index (χ3v) is 0.882. The molecular weight excluding hydrogens is 140 g/mol. The molecule has 0 spiro atoms. The molecule has 0 radical (unpaired) electrons. The number of quaternary nitrogens is 2. The lowest BCUT2D eigenvalue weighted by Crippen LogP contribution is -3.19. The van der Waals surface area contributed by atoms with Crippen molar-refractivity contribution in [2.45, 2.75) is 0 Å². The van der Waals surface area contributed by atoms with Crippen LogP contribution in [0, 0.1) is 10.4 Å². The number of hydrogen-bond acceptors (Lipinski definition) is 6. The van der Waals surface area contributed by atoms with Crippen LogP contribution < -0.4 is 21.8 Å². The summed E-state index contributed by atoms with van der Waals surface area (Å²) in [7, 11) is 0. The van der Waals surface area contributed by atoms with E-state index in [0.29, 0.717) is 0 Å². The predicted molar refractivity (Wildman–Crippen MR) is 31.9 cm³/mol. The second kappa shape index (κ2) is 2.19. The van der Waals surface area contributed by atoms with Crippen molar-refractivity contribution in [2.75, 3.05) is 0 Å². The molecule has 1 aliphatic rings. The fourth-order valence-corrected chi connectivity index (χ4v) is 0.429. The van der Waals surface area contributed by atoms with Gasteiger partial charge >= 0.3 is 11.9 Å². The molecule has 0 aromatic rings. The van der Waals surface area contributed by atoms with Gasteiger partial charge in [0.2, 0.25) is 0 Å². The van der Waals surface area contributed by atoms with E-state index < -0.39 is 22.3 Å². The summed E-state index contributed by atoms with van der Waals surface area (Å²) < 4.78 is 0. The topological polar surface area (TPSA) is 132 Å². The van der Waals surface area contributed by atoms with Crippen molar-refractivity contribution in [3.8, 4) is 0 Å². The first-order chi connectivity index (χ1) is 4.61. The van der Waals surface area contributed by atoms with Crippen LogP contribution in [0.25, 0.3) is 0 Å². The van der Waals surface area contributed by atoms with Crippen LogP contribution >= 0.6 is 0 Å². The molecule has 0 aromatic heterocycles. The van der Waals surface area contributed by atoms with E-state index in [0.717, 1.165) is 0 Å². The van der Waals surface area contributed by atoms with E-state index in [1.54, 1.807) is 0 Å². The Morgan fingerprint density at radius 2 is 1.30 bits per heavy atom. The highest BCUT2D eigenvalue weighted by atomic mass is 16.6. The van der Waals surface area contributed by atoms with Gasteiger partial charge in [-0.15, -0.1) is 0 Å². The summed E-state index contributed by atoms with van der Waals surface area (Å²) in [6.07, 6.45) is 0. The number of guanidine groups is 2. The molecule has 6 N–H and O–H groups in total. The largest absolute Gasteiger partial charge is 0.598 e. The standard InChI is InChI=1S/C2H6N6O2/c3-1-5-8(10)2(4)6-7(1)9/h7-8H,(H2,3,5)(H2,4,6). The molecule has 2 unspecified atom stereocenters. The Balaban J connectivity index is 2.81. The van der Waals surface area contributed by atoms with Crippen LogP contribution in [0.5, 0.6) is 0 Å². The monoisotopic (exact) mass is 146 g/mol. The zero-order valence-corrected chi connectivity index (χ0v) is 4.87. The van der Waals surface area contributed by atoms with E-state index in [1.165, 1.54) is 0 Å². The van der Waals surface area contributed by atoms with Crippen molar-refractivity contribution < 1.29 is 10.3 Å². The van der Waals surface area contributed by atoms with E-state index in [2.05, 4.69) is 10.2 Å². The third-order valence-electron chi connectivity index (χ3n) is 0.882. The quantitative estimate of drug-likeness (QED) is 0.255. The van der Waals surface area contributed by atoms with Gasteiger partial charge in [-0.1, -0.05) is 0 Å². The molecule has 0 saturated heterocycles. The van der Waals surface area contributed by atoms with Gasteiger partial charge in [-0.2, -0.15) is 10.3 Å². The highest BCUT2D eigenvalue weighted by Gasteiger charge is 2.17. The van der Waals surface area contributed by atoms with Gasteiger partial charge < -0.3 is 21.9 Å². The van der Waals surface area contributed by atoms with Crippen molar-refractivity contribution in [3.05, 3.63) is 10.4 Å². The highest BCUT2D eigenvalue weighted by molar-refractivity contribution is 5.74. The second-order valence-corrected chi connectivity index (χ2v) is 1.60. The summed E-state index contributed by atoms with van der Waals surface area (Å²) >= 11 is 0. The number of rotatable bonds is 0. The zero-order valence-electron chi connectivity index (χ0n) is 4.87. The summed E-state index contributed by atoms with van der Waals surface area (Å²) in [5.74, 6) is -0.835. The van der Waals surface area contributed by atoms with Crippen LogP contribution in [-0.2, 0) is 0 Å². The van der Waals surface area contributed by atoms with Gasteiger partial charge in [0, 0.05) is 10.2 Å². The molecule has 2 atom stereocenters. The predicted octanol–water partition coefficient (Wildman–Crippen LogP) is -4.78. The normalized spacial score (nSPS) is 33.0. The third kappa shape index (κ3) is 1.04. The number of nitrogens with zero attached hydrogens (tertiary/aromatic N) is 2. The van der Waals surface area contributed by atoms with Crippen LogP contribution in [0.3, 0.4) is 0 Å². The zero-order chi connectivity index (χ0) is 7.72. The van der Waals surface area contributed by atoms with E-state index in [9.17, 15) is 10.4 Å². The van der Waals surface area contributed by atoms with E-state index in [4.69, 9.17) is 11.5 Å². The molecular formula is C2H6N6O2. The molecule has 0 aromatic carbocycles. The van der Waals surface area contributed by atoms with Crippen LogP contribution in [-0.4, -0.2) is 11.9 Å². The Kier molecular flexibility index (Phi) is 1.51. The van der Waals surface area contributed by atoms with Gasteiger partial charge in [0.15, 0.2) is 0 Å². The molecule has 1 rings (SSSR count). The molecule has 0 saturated carbocycles. The minimum atomic E-state index is -0.767. The molecule has 0 fully saturated rings. The average Bonchev–Trinajstić information content (AvgIpc) is 1.84. The van der Waals surface area contributed by atoms with Crippen LogP contribution in [0.15, 0.2) is 10.2 Å². The number of nitrogens with one attached hydrogen (secondary N) is 2. The van der Waals surface area contributed by atoms with Crippen LogP contribution in [0.1, 0.15) is 0 Å². The molecule has 0 aliphatic carbocycles. The number of nitrogens with two attached hydrogens (primary N) is 2. The minimum absolute atomic E-state index is 0.417. The number of hydrogen-bond donors (Lipinski definition) is 4. The Labute approximate surface area is 55.5 Å². The van der Waals surface area contributed by atoms with Gasteiger partial charge in [-0.05, 0) is 0 Å². The maximum atomic E-state index is 10.5. The van der Waals surface area contributed by atoms with Gasteiger partial charge in [-0.3, -0.25) is 0 Å². The maximum absolute atomic E-state index is 10.5. The first-order valence-corrected chi connectivity index (χ1v) is 2.38. The molecule has 0 amide bonds. The molecule has 8 heteroatoms. The Morgan fingerprint density at radius 3 is 1.60 bits per heavy atom. The first kappa shape index (κ1) is 6.89. The average molecular weight is 146 g/mol. The van der Waals surface area contributed by atoms with Gasteiger partial charge in [-0.25, -0.2) is 0 Å². The van der Waals surface area contributed by atoms with E-state index >= 15 is 0 Å². The Morgan fingerprint density at radius 1 is 1.00 bits per heavy atom. The molecule has 0 bridgehead atoms. The lowest BCUT2D eigenvalue weighted by Gasteiger charge is -2.20. The van der Waals surface area contributed by atoms with Gasteiger partial charge in [0.05, 0.1) is 0 Å². The van der Waals surface area contributed by atoms with E-state index in [-0.39, 0.29) is 0 Å². The van der Waals surface area contributed by atoms with E-state index in [1.807, 2.05) is 0 Å². The molecule has 10 heavy (non-hydrogen) atoms. The summed E-state index contributed by atoms with van der Waals surface area (Å²) in [5.41, 5.74) is 9.90. The summed E-state index contributed by atoms with van der Waals surface area (Å²) in [6.45, 7) is 0. The Bertz CT molecular complexity index is 176. The molecule has 56 valence electrons. The van der Waals surface area contributed by atoms with Crippen molar-refractivity contribution in [2.24, 2.45) is 21.7 Å². The van der Waals surface area contributed by atoms with Crippen molar-refractivity contribution in [3.63, 3.8) is 0 Å². The maximum Gasteiger partial charge on any atom is 0.373 e. The lowest BCUT2D eigenvalue weighted by molar-refractivity contribution is -0.823. The first-order valence-electron chi connectivity index (χ1n) is 2.38. The fourth-order valence-electron chi connectivity index (χ4n) is 0.429. The van der Waals surface area contributed by atoms with Crippen molar-refractivity contribution in [1.29, 1.82) is 0 Å². The highest BCUT2D eigenvalue weighted by Crippen LogP contribution is 1.56. The number of hydroxylamine groups is 2. The second-order valence-electron chi connectivity index (χ2n) is 1.60. The molecule has 1 aliphatic heterocycles. The van der Waals surface area contributed by atoms with Crippen molar-refractivity contribution in [1.82, 2.24) is 0 Å². The molecule has 1 heterocycles. The lowest BCUT2D eigenvalue weighted by atomic mass is 10.9. The minimum Gasteiger partial charge on any atom is -0.598 e. The Hall–Kier alpha value is -1.22. The van der Waals surface area contributed by atoms with Crippen molar-refractivity contribution >= 4 is 11.9 Å². The van der Waals surface area contributed by atoms with Gasteiger partial charge in [0.1, 0.15) is 0 Å². The summed E-state index contributed by atoms with van der Waals surface area (Å²) in [4.78, 5) is 0. The van der Waals surface area contributed by atoms with Gasteiger partial charge in [0.25, 0.3) is 0 Å². The smallest absolute Gasteiger partial charge is 0.373 e. The summed E-state index contributed by atoms with van der Waals surface area (Å²) in [6, 6.07) is 0. The summed E-state index contributed by atoms with van der Waals surface area (Å²) in [5, 5.41) is 25.6. The fraction of sp³-hybridized carbons (Fsp3) is 0.